The molecule has 3 rings (SSSR count). The summed E-state index contributed by atoms with van der Waals surface area (Å²) < 4.78 is 5.16. The van der Waals surface area contributed by atoms with Crippen LogP contribution < -0.4 is 15.0 Å². The number of hydrogen-bond acceptors (Lipinski definition) is 3. The SMILES string of the molecule is COc1ccc(CC2NC(=O)c3ccccc3N2C)cc1. The summed E-state index contributed by atoms with van der Waals surface area (Å²) in [5.74, 6) is 0.826. The van der Waals surface area contributed by atoms with Crippen LogP contribution in [0.1, 0.15) is 15.9 Å². The van der Waals surface area contributed by atoms with Crippen molar-refractivity contribution < 1.29 is 9.53 Å². The minimum Gasteiger partial charge on any atom is -0.497 e. The Morgan fingerprint density at radius 1 is 1.14 bits per heavy atom. The Morgan fingerprint density at radius 2 is 1.86 bits per heavy atom. The fourth-order valence-electron chi connectivity index (χ4n) is 2.64. The van der Waals surface area contributed by atoms with Gasteiger partial charge in [-0.05, 0) is 29.8 Å². The first-order valence-corrected chi connectivity index (χ1v) is 6.94. The quantitative estimate of drug-likeness (QED) is 0.940. The van der Waals surface area contributed by atoms with Crippen LogP contribution in [-0.2, 0) is 6.42 Å². The van der Waals surface area contributed by atoms with E-state index in [1.165, 1.54) is 0 Å². The Kier molecular flexibility index (Phi) is 3.52. The molecule has 1 unspecified atom stereocenters. The predicted octanol–water partition coefficient (Wildman–Crippen LogP) is 2.44. The zero-order chi connectivity index (χ0) is 14.8. The first-order valence-electron chi connectivity index (χ1n) is 6.94. The molecule has 1 aliphatic heterocycles. The second-order valence-corrected chi connectivity index (χ2v) is 5.17. The number of para-hydroxylation sites is 1. The van der Waals surface area contributed by atoms with E-state index in [2.05, 4.69) is 10.2 Å². The number of nitrogens with one attached hydrogen (secondary N) is 1. The molecule has 21 heavy (non-hydrogen) atoms. The first-order chi connectivity index (χ1) is 10.2. The highest BCUT2D eigenvalue weighted by Crippen LogP contribution is 2.26. The number of fused-ring (bicyclic) bond motifs is 1. The Labute approximate surface area is 124 Å². The number of nitrogens with zero attached hydrogens (tertiary/aromatic N) is 1. The molecular weight excluding hydrogens is 264 g/mol. The van der Waals surface area contributed by atoms with Crippen molar-refractivity contribution in [1.29, 1.82) is 0 Å². The number of methoxy groups -OCH3 is 1. The standard InChI is InChI=1S/C17H18N2O2/c1-19-15-6-4-3-5-14(15)17(20)18-16(19)11-12-7-9-13(21-2)10-8-12/h3-10,16H,11H2,1-2H3,(H,18,20). The van der Waals surface area contributed by atoms with Crippen LogP contribution in [0.2, 0.25) is 0 Å². The van der Waals surface area contributed by atoms with Gasteiger partial charge in [0, 0.05) is 13.5 Å². The number of anilines is 1. The molecule has 2 aromatic rings. The van der Waals surface area contributed by atoms with Gasteiger partial charge in [0.05, 0.1) is 18.4 Å². The van der Waals surface area contributed by atoms with Gasteiger partial charge in [0.2, 0.25) is 0 Å². The number of benzene rings is 2. The van der Waals surface area contributed by atoms with Gasteiger partial charge in [0.25, 0.3) is 5.91 Å². The smallest absolute Gasteiger partial charge is 0.254 e. The van der Waals surface area contributed by atoms with Gasteiger partial charge < -0.3 is 15.0 Å². The van der Waals surface area contributed by atoms with E-state index in [1.807, 2.05) is 55.6 Å². The molecule has 1 N–H and O–H groups in total. The zero-order valence-corrected chi connectivity index (χ0v) is 12.2. The van der Waals surface area contributed by atoms with E-state index in [4.69, 9.17) is 4.74 Å². The maximum absolute atomic E-state index is 12.2. The molecule has 0 radical (unpaired) electrons. The van der Waals surface area contributed by atoms with Crippen LogP contribution in [0.5, 0.6) is 5.75 Å². The molecule has 0 spiro atoms. The fourth-order valence-corrected chi connectivity index (χ4v) is 2.64. The molecule has 0 saturated heterocycles. The second kappa shape index (κ2) is 5.48. The lowest BCUT2D eigenvalue weighted by Crippen LogP contribution is -2.52. The number of amides is 1. The molecule has 0 aliphatic carbocycles. The van der Waals surface area contributed by atoms with Crippen molar-refractivity contribution in [3.8, 4) is 5.75 Å². The van der Waals surface area contributed by atoms with Crippen molar-refractivity contribution in [3.63, 3.8) is 0 Å². The summed E-state index contributed by atoms with van der Waals surface area (Å²) >= 11 is 0. The van der Waals surface area contributed by atoms with E-state index >= 15 is 0 Å². The van der Waals surface area contributed by atoms with Crippen LogP contribution in [0.3, 0.4) is 0 Å². The summed E-state index contributed by atoms with van der Waals surface area (Å²) in [5.41, 5.74) is 2.86. The molecule has 1 aliphatic rings. The zero-order valence-electron chi connectivity index (χ0n) is 12.2. The van der Waals surface area contributed by atoms with Gasteiger partial charge in [-0.1, -0.05) is 24.3 Å². The van der Waals surface area contributed by atoms with Gasteiger partial charge >= 0.3 is 0 Å². The van der Waals surface area contributed by atoms with Crippen molar-refractivity contribution in [2.75, 3.05) is 19.1 Å². The monoisotopic (exact) mass is 282 g/mol. The predicted molar refractivity (Wildman–Crippen MR) is 82.8 cm³/mol. The average Bonchev–Trinajstić information content (AvgIpc) is 2.53. The molecule has 4 heteroatoms. The van der Waals surface area contributed by atoms with Crippen LogP contribution in [0, 0.1) is 0 Å². The van der Waals surface area contributed by atoms with Crippen LogP contribution in [0.4, 0.5) is 5.69 Å². The van der Waals surface area contributed by atoms with Gasteiger partial charge in [-0.2, -0.15) is 0 Å². The van der Waals surface area contributed by atoms with Crippen molar-refractivity contribution in [3.05, 3.63) is 59.7 Å². The Hall–Kier alpha value is -2.49. The topological polar surface area (TPSA) is 41.6 Å². The Balaban J connectivity index is 1.82. The lowest BCUT2D eigenvalue weighted by atomic mass is 10.0. The van der Waals surface area contributed by atoms with Crippen molar-refractivity contribution in [1.82, 2.24) is 5.32 Å². The fraction of sp³-hybridized carbons (Fsp3) is 0.235. The molecule has 1 heterocycles. The van der Waals surface area contributed by atoms with E-state index in [-0.39, 0.29) is 12.1 Å². The molecule has 2 aromatic carbocycles. The van der Waals surface area contributed by atoms with Crippen molar-refractivity contribution in [2.45, 2.75) is 12.6 Å². The van der Waals surface area contributed by atoms with Gasteiger partial charge in [-0.25, -0.2) is 0 Å². The number of ether oxygens (including phenoxy) is 1. The Bertz CT molecular complexity index is 652. The summed E-state index contributed by atoms with van der Waals surface area (Å²) in [5, 5.41) is 3.06. The number of carbonyl (C=O) groups excluding carboxylic acids is 1. The molecule has 0 saturated carbocycles. The van der Waals surface area contributed by atoms with Gasteiger partial charge in [-0.15, -0.1) is 0 Å². The molecule has 0 bridgehead atoms. The minimum absolute atomic E-state index is 0.0118. The highest BCUT2D eigenvalue weighted by molar-refractivity contribution is 6.01. The number of hydrogen-bond donors (Lipinski definition) is 1. The lowest BCUT2D eigenvalue weighted by molar-refractivity contribution is 0.0928. The highest BCUT2D eigenvalue weighted by Gasteiger charge is 2.27. The summed E-state index contributed by atoms with van der Waals surface area (Å²) in [6.45, 7) is 0. The highest BCUT2D eigenvalue weighted by atomic mass is 16.5. The van der Waals surface area contributed by atoms with Gasteiger partial charge in [0.15, 0.2) is 0 Å². The Morgan fingerprint density at radius 3 is 2.57 bits per heavy atom. The third-order valence-corrected chi connectivity index (χ3v) is 3.88. The van der Waals surface area contributed by atoms with E-state index in [0.29, 0.717) is 0 Å². The average molecular weight is 282 g/mol. The maximum Gasteiger partial charge on any atom is 0.254 e. The number of rotatable bonds is 3. The summed E-state index contributed by atoms with van der Waals surface area (Å²) in [6.07, 6.45) is 0.710. The summed E-state index contributed by atoms with van der Waals surface area (Å²) in [4.78, 5) is 14.3. The third-order valence-electron chi connectivity index (χ3n) is 3.88. The molecule has 0 aromatic heterocycles. The van der Waals surface area contributed by atoms with E-state index in [0.717, 1.165) is 29.0 Å². The van der Waals surface area contributed by atoms with Crippen LogP contribution in [0.25, 0.3) is 0 Å². The van der Waals surface area contributed by atoms with Crippen LogP contribution in [0.15, 0.2) is 48.5 Å². The normalized spacial score (nSPS) is 17.1. The maximum atomic E-state index is 12.2. The van der Waals surface area contributed by atoms with Crippen molar-refractivity contribution in [2.24, 2.45) is 0 Å². The van der Waals surface area contributed by atoms with Crippen molar-refractivity contribution >= 4 is 11.6 Å². The molecule has 1 amide bonds. The lowest BCUT2D eigenvalue weighted by Gasteiger charge is -2.36. The molecule has 4 nitrogen and oxygen atoms in total. The first kappa shape index (κ1) is 13.5. The van der Waals surface area contributed by atoms with E-state index in [9.17, 15) is 4.79 Å². The molecule has 108 valence electrons. The number of carbonyl (C=O) groups is 1. The van der Waals surface area contributed by atoms with Crippen LogP contribution >= 0.6 is 0 Å². The van der Waals surface area contributed by atoms with E-state index < -0.39 is 0 Å². The molecule has 1 atom stereocenters. The second-order valence-electron chi connectivity index (χ2n) is 5.17. The molecular formula is C17H18N2O2. The third kappa shape index (κ3) is 2.57. The summed E-state index contributed by atoms with van der Waals surface area (Å²) in [7, 11) is 3.66. The molecule has 0 fully saturated rings. The number of likely N-dealkylation sites (N-methyl/N-ethyl adjacent to an activating group) is 1. The van der Waals surface area contributed by atoms with Gasteiger partial charge in [0.1, 0.15) is 11.9 Å². The van der Waals surface area contributed by atoms with Crippen LogP contribution in [-0.4, -0.2) is 26.2 Å². The summed E-state index contributed by atoms with van der Waals surface area (Å²) in [6, 6.07) is 15.6. The van der Waals surface area contributed by atoms with Gasteiger partial charge in [-0.3, -0.25) is 4.79 Å². The van der Waals surface area contributed by atoms with E-state index in [1.54, 1.807) is 7.11 Å². The minimum atomic E-state index is -0.0409. The largest absolute Gasteiger partial charge is 0.497 e.